The molecule has 0 radical (unpaired) electrons. The van der Waals surface area contributed by atoms with Crippen LogP contribution in [0.2, 0.25) is 0 Å². The van der Waals surface area contributed by atoms with Crippen molar-refractivity contribution < 1.29 is 14.3 Å². The molecule has 5 heteroatoms. The van der Waals surface area contributed by atoms with E-state index in [1.807, 2.05) is 0 Å². The molecule has 1 heterocycles. The lowest BCUT2D eigenvalue weighted by atomic mass is 10.4. The number of amides is 2. The van der Waals surface area contributed by atoms with Gasteiger partial charge in [-0.15, -0.1) is 0 Å². The minimum absolute atomic E-state index is 0.215. The summed E-state index contributed by atoms with van der Waals surface area (Å²) in [6.45, 7) is 1.81. The fourth-order valence-electron chi connectivity index (χ4n) is 0.746. The number of nitrogens with one attached hydrogen (secondary N) is 2. The molecule has 0 fully saturated rings. The number of hydrogen-bond acceptors (Lipinski definition) is 3. The minimum atomic E-state index is -0.553. The largest absolute Gasteiger partial charge is 0.449 e. The predicted octanol–water partition coefficient (Wildman–Crippen LogP) is 0.782. The van der Waals surface area contributed by atoms with Crippen LogP contribution in [0.5, 0.6) is 0 Å². The molecule has 1 aromatic rings. The van der Waals surface area contributed by atoms with Crippen LogP contribution < -0.4 is 10.6 Å². The number of furan rings is 1. The molecule has 5 nitrogen and oxygen atoms in total. The molecule has 1 atom stereocenters. The quantitative estimate of drug-likeness (QED) is 0.649. The molecule has 0 bridgehead atoms. The Morgan fingerprint density at radius 3 is 3.08 bits per heavy atom. The summed E-state index contributed by atoms with van der Waals surface area (Å²) in [5.74, 6) is 0.378. The van der Waals surface area contributed by atoms with Crippen molar-refractivity contribution in [3.8, 4) is 0 Å². The van der Waals surface area contributed by atoms with E-state index in [0.29, 0.717) is 5.88 Å². The Labute approximate surface area is 75.7 Å². The van der Waals surface area contributed by atoms with Gasteiger partial charge in [-0.3, -0.25) is 5.32 Å². The Hall–Kier alpha value is -1.49. The third kappa shape index (κ3) is 3.62. The van der Waals surface area contributed by atoms with Crippen LogP contribution in [0.3, 0.4) is 0 Å². The molecule has 1 rings (SSSR count). The zero-order valence-electron chi connectivity index (χ0n) is 7.28. The SMILES string of the molecule is CC(O)CNC(=O)Nc1ccco1. The first kappa shape index (κ1) is 9.60. The van der Waals surface area contributed by atoms with Gasteiger partial charge in [0.1, 0.15) is 0 Å². The fourth-order valence-corrected chi connectivity index (χ4v) is 0.746. The lowest BCUT2D eigenvalue weighted by molar-refractivity contribution is 0.190. The van der Waals surface area contributed by atoms with E-state index < -0.39 is 12.1 Å². The molecular formula is C8H12N2O3. The van der Waals surface area contributed by atoms with Crippen LogP contribution in [0.1, 0.15) is 6.92 Å². The van der Waals surface area contributed by atoms with Gasteiger partial charge in [0.15, 0.2) is 0 Å². The van der Waals surface area contributed by atoms with E-state index in [4.69, 9.17) is 9.52 Å². The van der Waals surface area contributed by atoms with E-state index in [1.54, 1.807) is 19.1 Å². The first-order valence-electron chi connectivity index (χ1n) is 3.95. The first-order valence-corrected chi connectivity index (χ1v) is 3.95. The highest BCUT2D eigenvalue weighted by atomic mass is 16.3. The Morgan fingerprint density at radius 1 is 1.77 bits per heavy atom. The van der Waals surface area contributed by atoms with Gasteiger partial charge in [-0.25, -0.2) is 4.79 Å². The zero-order valence-corrected chi connectivity index (χ0v) is 7.28. The van der Waals surface area contributed by atoms with Crippen LogP contribution in [-0.2, 0) is 0 Å². The summed E-state index contributed by atoms with van der Waals surface area (Å²) in [5.41, 5.74) is 0. The molecule has 0 saturated carbocycles. The number of aliphatic hydroxyl groups excluding tert-OH is 1. The van der Waals surface area contributed by atoms with Crippen molar-refractivity contribution in [1.29, 1.82) is 0 Å². The molecule has 13 heavy (non-hydrogen) atoms. The van der Waals surface area contributed by atoms with Gasteiger partial charge in [0, 0.05) is 12.6 Å². The van der Waals surface area contributed by atoms with Crippen molar-refractivity contribution in [2.75, 3.05) is 11.9 Å². The molecule has 1 unspecified atom stereocenters. The van der Waals surface area contributed by atoms with Crippen LogP contribution >= 0.6 is 0 Å². The number of urea groups is 1. The number of aliphatic hydroxyl groups is 1. The highest BCUT2D eigenvalue weighted by Crippen LogP contribution is 2.05. The average molecular weight is 184 g/mol. The summed E-state index contributed by atoms with van der Waals surface area (Å²) in [7, 11) is 0. The van der Waals surface area contributed by atoms with Gasteiger partial charge in [0.05, 0.1) is 12.4 Å². The molecule has 0 aliphatic rings. The molecule has 3 N–H and O–H groups in total. The third-order valence-electron chi connectivity index (χ3n) is 1.32. The second-order valence-electron chi connectivity index (χ2n) is 2.66. The number of anilines is 1. The maximum absolute atomic E-state index is 11.0. The number of hydrogen-bond donors (Lipinski definition) is 3. The third-order valence-corrected chi connectivity index (χ3v) is 1.32. The summed E-state index contributed by atoms with van der Waals surface area (Å²) >= 11 is 0. The standard InChI is InChI=1S/C8H12N2O3/c1-6(11)5-9-8(12)10-7-3-2-4-13-7/h2-4,6,11H,5H2,1H3,(H2,9,10,12). The van der Waals surface area contributed by atoms with Crippen molar-refractivity contribution in [2.24, 2.45) is 0 Å². The van der Waals surface area contributed by atoms with Gasteiger partial charge >= 0.3 is 6.03 Å². The normalized spacial score (nSPS) is 12.2. The van der Waals surface area contributed by atoms with Crippen LogP contribution in [0, 0.1) is 0 Å². The van der Waals surface area contributed by atoms with Gasteiger partial charge < -0.3 is 14.8 Å². The molecule has 0 aliphatic carbocycles. The molecule has 0 spiro atoms. The molecule has 0 saturated heterocycles. The van der Waals surface area contributed by atoms with Gasteiger partial charge in [-0.2, -0.15) is 0 Å². The number of carbonyl (C=O) groups is 1. The van der Waals surface area contributed by atoms with Gasteiger partial charge in [-0.1, -0.05) is 0 Å². The summed E-state index contributed by atoms with van der Waals surface area (Å²) in [6, 6.07) is 2.91. The summed E-state index contributed by atoms with van der Waals surface area (Å²) < 4.78 is 4.88. The van der Waals surface area contributed by atoms with E-state index >= 15 is 0 Å². The van der Waals surface area contributed by atoms with E-state index in [-0.39, 0.29) is 6.54 Å². The second kappa shape index (κ2) is 4.51. The Balaban J connectivity index is 2.26. The zero-order chi connectivity index (χ0) is 9.68. The van der Waals surface area contributed by atoms with Gasteiger partial charge in [0.2, 0.25) is 5.88 Å². The lowest BCUT2D eigenvalue weighted by Crippen LogP contribution is -2.33. The highest BCUT2D eigenvalue weighted by Gasteiger charge is 2.03. The molecule has 0 aliphatic heterocycles. The predicted molar refractivity (Wildman–Crippen MR) is 47.4 cm³/mol. The Bertz CT molecular complexity index is 256. The van der Waals surface area contributed by atoms with Crippen LogP contribution in [-0.4, -0.2) is 23.8 Å². The highest BCUT2D eigenvalue weighted by molar-refractivity contribution is 5.87. The van der Waals surface area contributed by atoms with Gasteiger partial charge in [-0.05, 0) is 13.0 Å². The smallest absolute Gasteiger partial charge is 0.321 e. The van der Waals surface area contributed by atoms with Crippen LogP contribution in [0.25, 0.3) is 0 Å². The topological polar surface area (TPSA) is 74.5 Å². The Kier molecular flexibility index (Phi) is 3.33. The second-order valence-corrected chi connectivity index (χ2v) is 2.66. The first-order chi connectivity index (χ1) is 6.18. The monoisotopic (exact) mass is 184 g/mol. The fraction of sp³-hybridized carbons (Fsp3) is 0.375. The summed E-state index contributed by atoms with van der Waals surface area (Å²) in [4.78, 5) is 11.0. The van der Waals surface area contributed by atoms with Gasteiger partial charge in [0.25, 0.3) is 0 Å². The molecule has 1 aromatic heterocycles. The molecule has 72 valence electrons. The molecule has 2 amide bonds. The Morgan fingerprint density at radius 2 is 2.54 bits per heavy atom. The van der Waals surface area contributed by atoms with Crippen molar-refractivity contribution in [1.82, 2.24) is 5.32 Å². The molecular weight excluding hydrogens is 172 g/mol. The maximum Gasteiger partial charge on any atom is 0.321 e. The van der Waals surface area contributed by atoms with Crippen molar-refractivity contribution in [2.45, 2.75) is 13.0 Å². The van der Waals surface area contributed by atoms with Crippen LogP contribution in [0.15, 0.2) is 22.8 Å². The van der Waals surface area contributed by atoms with Crippen LogP contribution in [0.4, 0.5) is 10.7 Å². The van der Waals surface area contributed by atoms with Crippen molar-refractivity contribution in [3.63, 3.8) is 0 Å². The van der Waals surface area contributed by atoms with E-state index in [2.05, 4.69) is 10.6 Å². The summed E-state index contributed by atoms with van der Waals surface area (Å²) in [6.07, 6.45) is 0.909. The van der Waals surface area contributed by atoms with Crippen molar-refractivity contribution in [3.05, 3.63) is 18.4 Å². The lowest BCUT2D eigenvalue weighted by Gasteiger charge is -2.06. The number of rotatable bonds is 3. The number of carbonyl (C=O) groups excluding carboxylic acids is 1. The van der Waals surface area contributed by atoms with E-state index in [9.17, 15) is 4.79 Å². The van der Waals surface area contributed by atoms with Crippen molar-refractivity contribution >= 4 is 11.9 Å². The average Bonchev–Trinajstić information content (AvgIpc) is 2.53. The maximum atomic E-state index is 11.0. The van der Waals surface area contributed by atoms with E-state index in [0.717, 1.165) is 0 Å². The van der Waals surface area contributed by atoms with E-state index in [1.165, 1.54) is 6.26 Å². The minimum Gasteiger partial charge on any atom is -0.449 e. The summed E-state index contributed by atoms with van der Waals surface area (Å²) in [5, 5.41) is 13.8. The molecule has 0 aromatic carbocycles.